The summed E-state index contributed by atoms with van der Waals surface area (Å²) in [6.07, 6.45) is -2.28. The van der Waals surface area contributed by atoms with Crippen LogP contribution in [-0.2, 0) is 19.2 Å². The van der Waals surface area contributed by atoms with Crippen molar-refractivity contribution in [3.63, 3.8) is 0 Å². The van der Waals surface area contributed by atoms with Crippen LogP contribution in [-0.4, -0.2) is 63.1 Å². The molecule has 0 saturated carbocycles. The van der Waals surface area contributed by atoms with Gasteiger partial charge in [-0.25, -0.2) is 20.1 Å². The van der Waals surface area contributed by atoms with E-state index in [1.54, 1.807) is 18.2 Å². The molecule has 154 valence electrons. The zero-order chi connectivity index (χ0) is 20.8. The van der Waals surface area contributed by atoms with Crippen LogP contribution in [0.2, 0.25) is 5.02 Å². The summed E-state index contributed by atoms with van der Waals surface area (Å²) >= 11 is 6.05. The van der Waals surface area contributed by atoms with Gasteiger partial charge in [-0.05, 0) is 12.1 Å². The highest BCUT2D eigenvalue weighted by Crippen LogP contribution is 2.33. The van der Waals surface area contributed by atoms with Gasteiger partial charge in [-0.3, -0.25) is 8.75 Å². The largest absolute Gasteiger partial charge is 0.387 e. The zero-order valence-corrected chi connectivity index (χ0v) is 16.2. The number of hydrogen-bond acceptors (Lipinski definition) is 9. The zero-order valence-electron chi connectivity index (χ0n) is 14.7. The Labute approximate surface area is 169 Å². The van der Waals surface area contributed by atoms with E-state index < -0.39 is 41.5 Å². The first-order valence-electron chi connectivity index (χ1n) is 8.37. The van der Waals surface area contributed by atoms with Gasteiger partial charge >= 0.3 is 10.3 Å². The number of ether oxygens (including phenoxy) is 1. The molecule has 1 aromatic carbocycles. The molecule has 4 atom stereocenters. The van der Waals surface area contributed by atoms with Gasteiger partial charge in [0.15, 0.2) is 11.9 Å². The van der Waals surface area contributed by atoms with Crippen LogP contribution in [0.1, 0.15) is 6.23 Å². The topological polar surface area (TPSA) is 163 Å². The quantitative estimate of drug-likeness (QED) is 0.493. The molecule has 4 rings (SSSR count). The predicted octanol–water partition coefficient (Wildman–Crippen LogP) is -0.0140. The first-order chi connectivity index (χ1) is 13.7. The molecule has 0 radical (unpaired) electrons. The number of aliphatic hydroxyl groups is 2. The maximum atomic E-state index is 11.0. The van der Waals surface area contributed by atoms with Crippen molar-refractivity contribution in [1.82, 2.24) is 19.5 Å². The van der Waals surface area contributed by atoms with Crippen LogP contribution in [0.5, 0.6) is 0 Å². The minimum atomic E-state index is -4.22. The Morgan fingerprint density at radius 3 is 2.76 bits per heavy atom. The van der Waals surface area contributed by atoms with E-state index >= 15 is 0 Å². The molecule has 4 N–H and O–H groups in total. The molecule has 0 unspecified atom stereocenters. The molecule has 1 fully saturated rings. The van der Waals surface area contributed by atoms with Gasteiger partial charge in [-0.1, -0.05) is 23.7 Å². The van der Waals surface area contributed by atoms with E-state index in [1.807, 2.05) is 6.07 Å². The smallest absolute Gasteiger partial charge is 0.333 e. The summed E-state index contributed by atoms with van der Waals surface area (Å²) in [6.45, 7) is -0.553. The Kier molecular flexibility index (Phi) is 5.25. The molecule has 29 heavy (non-hydrogen) atoms. The van der Waals surface area contributed by atoms with E-state index in [9.17, 15) is 18.6 Å². The van der Waals surface area contributed by atoms with Crippen LogP contribution in [0, 0.1) is 0 Å². The van der Waals surface area contributed by atoms with Crippen molar-refractivity contribution in [3.05, 3.63) is 41.9 Å². The normalized spacial score (nSPS) is 25.0. The van der Waals surface area contributed by atoms with E-state index in [2.05, 4.69) is 19.1 Å². The number of aromatic nitrogens is 4. The molecule has 13 heteroatoms. The van der Waals surface area contributed by atoms with Gasteiger partial charge in [0.05, 0.1) is 12.9 Å². The molecule has 0 bridgehead atoms. The average Bonchev–Trinajstić information content (AvgIpc) is 3.21. The Hall–Kier alpha value is -2.19. The van der Waals surface area contributed by atoms with Crippen LogP contribution in [0.4, 0.5) is 0 Å². The first kappa shape index (κ1) is 20.1. The standard InChI is InChI=1S/C16H16ClN5O6S/c17-9-3-1-2-8(4-9)11-12-15(20-6-19-11)22(7-21-12)16-14(24)13(23)10(28-16)5-27-29(18,25)26/h1-4,6-7,10,13-14,16,23-24H,5H2,(H2,18,25,26)/t10-,13-,14-,16-/m1/s1. The fourth-order valence-corrected chi connectivity index (χ4v) is 3.66. The fraction of sp³-hybridized carbons (Fsp3) is 0.312. The van der Waals surface area contributed by atoms with Gasteiger partial charge in [0.2, 0.25) is 0 Å². The molecule has 2 aromatic heterocycles. The number of imidazole rings is 1. The second-order valence-corrected chi connectivity index (χ2v) is 8.04. The number of halogens is 1. The Morgan fingerprint density at radius 2 is 2.03 bits per heavy atom. The van der Waals surface area contributed by atoms with E-state index in [4.69, 9.17) is 21.5 Å². The van der Waals surface area contributed by atoms with Crippen LogP contribution in [0.25, 0.3) is 22.4 Å². The summed E-state index contributed by atoms with van der Waals surface area (Å²) < 4.78 is 33.4. The highest BCUT2D eigenvalue weighted by molar-refractivity contribution is 7.84. The molecule has 0 aliphatic carbocycles. The molecule has 1 aliphatic heterocycles. The lowest BCUT2D eigenvalue weighted by atomic mass is 10.1. The summed E-state index contributed by atoms with van der Waals surface area (Å²) in [5.41, 5.74) is 2.03. The van der Waals surface area contributed by atoms with E-state index in [1.165, 1.54) is 17.2 Å². The van der Waals surface area contributed by atoms with Crippen molar-refractivity contribution >= 4 is 33.1 Å². The van der Waals surface area contributed by atoms with Crippen LogP contribution < -0.4 is 5.14 Å². The Balaban J connectivity index is 1.67. The summed E-state index contributed by atoms with van der Waals surface area (Å²) in [6, 6.07) is 7.06. The van der Waals surface area contributed by atoms with Crippen LogP contribution >= 0.6 is 11.6 Å². The van der Waals surface area contributed by atoms with Crippen molar-refractivity contribution in [3.8, 4) is 11.3 Å². The van der Waals surface area contributed by atoms with Gasteiger partial charge in [0, 0.05) is 10.6 Å². The molecular formula is C16H16ClN5O6S. The summed E-state index contributed by atoms with van der Waals surface area (Å²) in [7, 11) is -4.22. The third-order valence-corrected chi connectivity index (χ3v) is 5.16. The molecule has 3 aromatic rings. The average molecular weight is 442 g/mol. The molecule has 0 spiro atoms. The van der Waals surface area contributed by atoms with E-state index in [0.29, 0.717) is 21.9 Å². The van der Waals surface area contributed by atoms with Crippen molar-refractivity contribution in [1.29, 1.82) is 0 Å². The van der Waals surface area contributed by atoms with Gasteiger partial charge in [0.1, 0.15) is 35.8 Å². The van der Waals surface area contributed by atoms with Gasteiger partial charge in [-0.15, -0.1) is 0 Å². The summed E-state index contributed by atoms with van der Waals surface area (Å²) in [5.74, 6) is 0. The monoisotopic (exact) mass is 441 g/mol. The summed E-state index contributed by atoms with van der Waals surface area (Å²) in [4.78, 5) is 12.8. The van der Waals surface area contributed by atoms with E-state index in [-0.39, 0.29) is 0 Å². The molecule has 1 saturated heterocycles. The van der Waals surface area contributed by atoms with Crippen molar-refractivity contribution in [2.45, 2.75) is 24.5 Å². The second-order valence-electron chi connectivity index (χ2n) is 6.38. The minimum absolute atomic E-state index is 0.347. The predicted molar refractivity (Wildman–Crippen MR) is 101 cm³/mol. The number of nitrogens with two attached hydrogens (primary N) is 1. The highest BCUT2D eigenvalue weighted by Gasteiger charge is 2.45. The van der Waals surface area contributed by atoms with Crippen molar-refractivity contribution < 1.29 is 27.6 Å². The number of rotatable bonds is 5. The van der Waals surface area contributed by atoms with Gasteiger partial charge < -0.3 is 14.9 Å². The number of benzene rings is 1. The lowest BCUT2D eigenvalue weighted by molar-refractivity contribution is -0.0467. The van der Waals surface area contributed by atoms with Crippen LogP contribution in [0.15, 0.2) is 36.9 Å². The fourth-order valence-electron chi connectivity index (χ4n) is 3.14. The molecule has 3 heterocycles. The SMILES string of the molecule is NS(=O)(=O)OC[C@H]1O[C@@H](n2cnc3c(-c4cccc(Cl)c4)ncnc32)[C@H](O)[C@@H]1O. The lowest BCUT2D eigenvalue weighted by Crippen LogP contribution is -2.35. The van der Waals surface area contributed by atoms with Crippen LogP contribution in [0.3, 0.4) is 0 Å². The summed E-state index contributed by atoms with van der Waals surface area (Å²) in [5, 5.41) is 25.9. The molecule has 1 aliphatic rings. The second kappa shape index (κ2) is 7.57. The number of nitrogens with zero attached hydrogens (tertiary/aromatic N) is 4. The van der Waals surface area contributed by atoms with Crippen molar-refractivity contribution in [2.75, 3.05) is 6.61 Å². The number of aliphatic hydroxyl groups excluding tert-OH is 2. The Bertz CT molecular complexity index is 1160. The molecule has 11 nitrogen and oxygen atoms in total. The van der Waals surface area contributed by atoms with E-state index in [0.717, 1.165) is 5.56 Å². The highest BCUT2D eigenvalue weighted by atomic mass is 35.5. The van der Waals surface area contributed by atoms with Gasteiger partial charge in [-0.2, -0.15) is 8.42 Å². The maximum absolute atomic E-state index is 11.0. The molecule has 0 amide bonds. The first-order valence-corrected chi connectivity index (χ1v) is 10.2. The third kappa shape index (κ3) is 3.96. The number of hydrogen-bond donors (Lipinski definition) is 3. The third-order valence-electron chi connectivity index (χ3n) is 4.46. The lowest BCUT2D eigenvalue weighted by Gasteiger charge is -2.16. The molecular weight excluding hydrogens is 426 g/mol. The Morgan fingerprint density at radius 1 is 1.24 bits per heavy atom. The maximum Gasteiger partial charge on any atom is 0.333 e. The number of fused-ring (bicyclic) bond motifs is 1. The van der Waals surface area contributed by atoms with Crippen molar-refractivity contribution in [2.24, 2.45) is 5.14 Å². The minimum Gasteiger partial charge on any atom is -0.387 e. The van der Waals surface area contributed by atoms with Gasteiger partial charge in [0.25, 0.3) is 0 Å².